The molecule has 0 spiro atoms. The molecule has 0 amide bonds. The maximum atomic E-state index is 13.2. The quantitative estimate of drug-likeness (QED) is 0.638. The lowest BCUT2D eigenvalue weighted by Gasteiger charge is -2.07. The smallest absolute Gasteiger partial charge is 0.338 e. The van der Waals surface area contributed by atoms with Gasteiger partial charge in [-0.15, -0.1) is 0 Å². The second-order valence-electron chi connectivity index (χ2n) is 3.90. The summed E-state index contributed by atoms with van der Waals surface area (Å²) in [4.78, 5) is 15.8. The van der Waals surface area contributed by atoms with Gasteiger partial charge in [-0.05, 0) is 17.7 Å². The molecule has 19 heavy (non-hydrogen) atoms. The normalized spacial score (nSPS) is 10.5. The SMILES string of the molecule is COC(=O)c1cc(F)ccc1CSc1nccn1C. The molecule has 0 bridgehead atoms. The molecular weight excluding hydrogens is 267 g/mol. The second-order valence-corrected chi connectivity index (χ2v) is 4.84. The van der Waals surface area contributed by atoms with Crippen molar-refractivity contribution in [1.82, 2.24) is 9.55 Å². The summed E-state index contributed by atoms with van der Waals surface area (Å²) >= 11 is 1.48. The van der Waals surface area contributed by atoms with Crippen molar-refractivity contribution in [2.45, 2.75) is 10.9 Å². The zero-order chi connectivity index (χ0) is 13.8. The number of benzene rings is 1. The number of carbonyl (C=O) groups excluding carboxylic acids is 1. The predicted molar refractivity (Wildman–Crippen MR) is 70.5 cm³/mol. The van der Waals surface area contributed by atoms with E-state index in [0.717, 1.165) is 10.7 Å². The van der Waals surface area contributed by atoms with Crippen molar-refractivity contribution >= 4 is 17.7 Å². The van der Waals surface area contributed by atoms with E-state index in [2.05, 4.69) is 9.72 Å². The standard InChI is InChI=1S/C13H13FN2O2S/c1-16-6-5-15-13(16)19-8-9-3-4-10(14)7-11(9)12(17)18-2/h3-7H,8H2,1-2H3. The highest BCUT2D eigenvalue weighted by Crippen LogP contribution is 2.23. The third-order valence-electron chi connectivity index (χ3n) is 2.61. The van der Waals surface area contributed by atoms with Crippen LogP contribution in [0.25, 0.3) is 0 Å². The minimum absolute atomic E-state index is 0.254. The molecule has 4 nitrogen and oxygen atoms in total. The van der Waals surface area contributed by atoms with Gasteiger partial charge in [-0.1, -0.05) is 17.8 Å². The molecule has 0 aliphatic heterocycles. The largest absolute Gasteiger partial charge is 0.465 e. The Balaban J connectivity index is 2.20. The lowest BCUT2D eigenvalue weighted by Crippen LogP contribution is -2.06. The van der Waals surface area contributed by atoms with Crippen molar-refractivity contribution in [2.75, 3.05) is 7.11 Å². The van der Waals surface area contributed by atoms with Crippen LogP contribution in [-0.4, -0.2) is 22.6 Å². The number of halogens is 1. The highest BCUT2D eigenvalue weighted by molar-refractivity contribution is 7.98. The molecule has 1 aromatic heterocycles. The van der Waals surface area contributed by atoms with Crippen molar-refractivity contribution in [3.63, 3.8) is 0 Å². The van der Waals surface area contributed by atoms with Gasteiger partial charge in [0, 0.05) is 25.2 Å². The molecule has 100 valence electrons. The summed E-state index contributed by atoms with van der Waals surface area (Å²) in [5, 5.41) is 0.833. The molecule has 0 radical (unpaired) electrons. The van der Waals surface area contributed by atoms with E-state index >= 15 is 0 Å². The van der Waals surface area contributed by atoms with E-state index in [9.17, 15) is 9.18 Å². The number of nitrogens with zero attached hydrogens (tertiary/aromatic N) is 2. The first kappa shape index (κ1) is 13.6. The van der Waals surface area contributed by atoms with Gasteiger partial charge in [0.15, 0.2) is 5.16 Å². The van der Waals surface area contributed by atoms with Gasteiger partial charge in [-0.25, -0.2) is 14.2 Å². The zero-order valence-electron chi connectivity index (χ0n) is 10.6. The Morgan fingerprint density at radius 2 is 2.32 bits per heavy atom. The van der Waals surface area contributed by atoms with Gasteiger partial charge < -0.3 is 9.30 Å². The molecule has 2 rings (SSSR count). The number of aromatic nitrogens is 2. The summed E-state index contributed by atoms with van der Waals surface area (Å²) < 4.78 is 19.7. The number of hydrogen-bond acceptors (Lipinski definition) is 4. The third kappa shape index (κ3) is 3.14. The molecule has 2 aromatic rings. The summed E-state index contributed by atoms with van der Waals surface area (Å²) in [6.45, 7) is 0. The fourth-order valence-electron chi connectivity index (χ4n) is 1.61. The van der Waals surface area contributed by atoms with Gasteiger partial charge in [0.25, 0.3) is 0 Å². The molecular formula is C13H13FN2O2S. The van der Waals surface area contributed by atoms with E-state index in [1.54, 1.807) is 12.3 Å². The number of hydrogen-bond donors (Lipinski definition) is 0. The minimum Gasteiger partial charge on any atom is -0.465 e. The number of methoxy groups -OCH3 is 1. The van der Waals surface area contributed by atoms with Crippen LogP contribution in [0, 0.1) is 5.82 Å². The van der Waals surface area contributed by atoms with Gasteiger partial charge in [0.05, 0.1) is 12.7 Å². The van der Waals surface area contributed by atoms with E-state index in [-0.39, 0.29) is 5.56 Å². The fourth-order valence-corrected chi connectivity index (χ4v) is 2.54. The average Bonchev–Trinajstić information content (AvgIpc) is 2.82. The number of aryl methyl sites for hydroxylation is 1. The summed E-state index contributed by atoms with van der Waals surface area (Å²) in [5.41, 5.74) is 0.977. The fraction of sp³-hybridized carbons (Fsp3) is 0.231. The Morgan fingerprint density at radius 3 is 2.95 bits per heavy atom. The Bertz CT molecular complexity index is 598. The molecule has 1 aromatic carbocycles. The van der Waals surface area contributed by atoms with Crippen LogP contribution in [0.3, 0.4) is 0 Å². The molecule has 0 saturated carbocycles. The molecule has 0 N–H and O–H groups in total. The molecule has 0 fully saturated rings. The van der Waals surface area contributed by atoms with E-state index in [4.69, 9.17) is 0 Å². The molecule has 0 atom stereocenters. The highest BCUT2D eigenvalue weighted by atomic mass is 32.2. The minimum atomic E-state index is -0.532. The summed E-state index contributed by atoms with van der Waals surface area (Å²) in [7, 11) is 3.17. The topological polar surface area (TPSA) is 44.1 Å². The van der Waals surface area contributed by atoms with Gasteiger partial charge in [-0.3, -0.25) is 0 Å². The third-order valence-corrected chi connectivity index (χ3v) is 3.72. The van der Waals surface area contributed by atoms with Crippen LogP contribution < -0.4 is 0 Å². The molecule has 0 aliphatic carbocycles. The van der Waals surface area contributed by atoms with Crippen molar-refractivity contribution in [3.05, 3.63) is 47.5 Å². The Hall–Kier alpha value is -1.82. The molecule has 1 heterocycles. The van der Waals surface area contributed by atoms with Crippen molar-refractivity contribution in [3.8, 4) is 0 Å². The van der Waals surface area contributed by atoms with Crippen LogP contribution in [0.2, 0.25) is 0 Å². The first-order chi connectivity index (χ1) is 9.11. The van der Waals surface area contributed by atoms with Gasteiger partial charge in [0.2, 0.25) is 0 Å². The van der Waals surface area contributed by atoms with Crippen LogP contribution in [0.5, 0.6) is 0 Å². The van der Waals surface area contributed by atoms with E-state index < -0.39 is 11.8 Å². The number of carbonyl (C=O) groups is 1. The first-order valence-electron chi connectivity index (χ1n) is 5.58. The van der Waals surface area contributed by atoms with Gasteiger partial charge in [0.1, 0.15) is 5.82 Å². The summed E-state index contributed by atoms with van der Waals surface area (Å²) in [6, 6.07) is 4.12. The number of rotatable bonds is 4. The van der Waals surface area contributed by atoms with Crippen LogP contribution in [-0.2, 0) is 17.5 Å². The van der Waals surface area contributed by atoms with Crippen LogP contribution in [0.15, 0.2) is 35.7 Å². The number of imidazole rings is 1. The lowest BCUT2D eigenvalue weighted by molar-refractivity contribution is 0.0599. The van der Waals surface area contributed by atoms with Crippen molar-refractivity contribution < 1.29 is 13.9 Å². The first-order valence-corrected chi connectivity index (χ1v) is 6.57. The monoisotopic (exact) mass is 280 g/mol. The number of thioether (sulfide) groups is 1. The molecule has 6 heteroatoms. The van der Waals surface area contributed by atoms with Crippen molar-refractivity contribution in [1.29, 1.82) is 0 Å². The maximum Gasteiger partial charge on any atom is 0.338 e. The molecule has 0 aliphatic rings. The van der Waals surface area contributed by atoms with Crippen LogP contribution >= 0.6 is 11.8 Å². The summed E-state index contributed by atoms with van der Waals surface area (Å²) in [5.74, 6) is -0.462. The number of esters is 1. The van der Waals surface area contributed by atoms with Crippen LogP contribution in [0.4, 0.5) is 4.39 Å². The zero-order valence-corrected chi connectivity index (χ0v) is 11.4. The lowest BCUT2D eigenvalue weighted by atomic mass is 10.1. The van der Waals surface area contributed by atoms with Crippen molar-refractivity contribution in [2.24, 2.45) is 7.05 Å². The Morgan fingerprint density at radius 1 is 1.53 bits per heavy atom. The predicted octanol–water partition coefficient (Wildman–Crippen LogP) is 2.64. The van der Waals surface area contributed by atoms with Gasteiger partial charge in [-0.2, -0.15) is 0 Å². The maximum absolute atomic E-state index is 13.2. The summed E-state index contributed by atoms with van der Waals surface area (Å²) in [6.07, 6.45) is 3.54. The molecule has 0 unspecified atom stereocenters. The van der Waals surface area contributed by atoms with Crippen LogP contribution in [0.1, 0.15) is 15.9 Å². The van der Waals surface area contributed by atoms with Gasteiger partial charge >= 0.3 is 5.97 Å². The second kappa shape index (κ2) is 5.88. The number of ether oxygens (including phenoxy) is 1. The molecule has 0 saturated heterocycles. The Labute approximate surface area is 114 Å². The average molecular weight is 280 g/mol. The van der Waals surface area contributed by atoms with E-state index in [0.29, 0.717) is 5.75 Å². The Kier molecular flexibility index (Phi) is 4.21. The van der Waals surface area contributed by atoms with E-state index in [1.807, 2.05) is 17.8 Å². The van der Waals surface area contributed by atoms with E-state index in [1.165, 1.54) is 31.0 Å². The highest BCUT2D eigenvalue weighted by Gasteiger charge is 2.13.